The van der Waals surface area contributed by atoms with E-state index in [0.717, 1.165) is 44.9 Å². The molecule has 1 aromatic carbocycles. The Morgan fingerprint density at radius 3 is 2.41 bits per heavy atom. The summed E-state index contributed by atoms with van der Waals surface area (Å²) < 4.78 is 6.22. The number of aryl methyl sites for hydroxylation is 1. The van der Waals surface area contributed by atoms with Gasteiger partial charge in [-0.2, -0.15) is 0 Å². The topological polar surface area (TPSA) is 43.4 Å². The van der Waals surface area contributed by atoms with Gasteiger partial charge >= 0.3 is 5.97 Å². The number of hydrogen-bond acceptors (Lipinski definition) is 3. The van der Waals surface area contributed by atoms with Crippen molar-refractivity contribution in [3.05, 3.63) is 31.9 Å². The molecule has 1 aliphatic rings. The molecule has 1 aromatic rings. The van der Waals surface area contributed by atoms with E-state index in [4.69, 9.17) is 4.74 Å². The monoisotopic (exact) mass is 486 g/mol. The summed E-state index contributed by atoms with van der Waals surface area (Å²) in [5.74, 6) is 0.674. The van der Waals surface area contributed by atoms with E-state index in [0.29, 0.717) is 24.7 Å². The van der Waals surface area contributed by atoms with Gasteiger partial charge in [-0.05, 0) is 111 Å². The fourth-order valence-electron chi connectivity index (χ4n) is 3.43. The van der Waals surface area contributed by atoms with Gasteiger partial charge in [-0.25, -0.2) is 0 Å². The molecule has 27 heavy (non-hydrogen) atoms. The van der Waals surface area contributed by atoms with E-state index in [1.807, 2.05) is 6.92 Å². The Bertz CT molecular complexity index is 611. The number of carbonyl (C=O) groups is 2. The number of ketones is 1. The first-order valence-corrected chi connectivity index (χ1v) is 11.3. The highest BCUT2D eigenvalue weighted by Crippen LogP contribution is 2.26. The van der Waals surface area contributed by atoms with Crippen molar-refractivity contribution in [2.75, 3.05) is 6.61 Å². The predicted molar refractivity (Wildman–Crippen MR) is 120 cm³/mol. The molecule has 1 atom stereocenters. The zero-order valence-corrected chi connectivity index (χ0v) is 19.8. The van der Waals surface area contributed by atoms with E-state index in [2.05, 4.69) is 56.4 Å². The molecule has 1 aliphatic carbocycles. The maximum Gasteiger partial charge on any atom is 0.305 e. The second-order valence-corrected chi connectivity index (χ2v) is 8.67. The SMILES string of the molecule is CCOC(=O)CCCCCC1CCCC1=O.Cc1cc(I)c(C)c(C)c1C. The average molecular weight is 486 g/mol. The number of benzene rings is 1. The van der Waals surface area contributed by atoms with Crippen LogP contribution in [0.1, 0.15) is 80.5 Å². The minimum atomic E-state index is -0.0977. The lowest BCUT2D eigenvalue weighted by Crippen LogP contribution is -2.06. The molecular weight excluding hydrogens is 451 g/mol. The van der Waals surface area contributed by atoms with Gasteiger partial charge in [0.1, 0.15) is 5.78 Å². The lowest BCUT2D eigenvalue weighted by Gasteiger charge is -2.09. The van der Waals surface area contributed by atoms with Gasteiger partial charge in [-0.3, -0.25) is 9.59 Å². The Labute approximate surface area is 178 Å². The van der Waals surface area contributed by atoms with Crippen molar-refractivity contribution in [3.63, 3.8) is 0 Å². The van der Waals surface area contributed by atoms with Crippen molar-refractivity contribution >= 4 is 34.3 Å². The second kappa shape index (κ2) is 12.5. The van der Waals surface area contributed by atoms with Crippen molar-refractivity contribution in [2.45, 2.75) is 86.0 Å². The lowest BCUT2D eigenvalue weighted by molar-refractivity contribution is -0.143. The molecule has 1 unspecified atom stereocenters. The highest BCUT2D eigenvalue weighted by atomic mass is 127. The number of rotatable bonds is 7. The standard InChI is InChI=1S/C13H22O3.C10H13I/c1-2-16-13(15)10-5-3-4-7-11-8-6-9-12(11)14;1-6-5-10(11)9(4)8(3)7(6)2/h11H,2-10H2,1H3;5H,1-4H3. The Balaban J connectivity index is 0.000000289. The zero-order valence-electron chi connectivity index (χ0n) is 17.6. The summed E-state index contributed by atoms with van der Waals surface area (Å²) in [5.41, 5.74) is 5.70. The summed E-state index contributed by atoms with van der Waals surface area (Å²) >= 11 is 2.39. The highest BCUT2D eigenvalue weighted by Gasteiger charge is 2.23. The molecule has 0 amide bonds. The van der Waals surface area contributed by atoms with E-state index in [-0.39, 0.29) is 5.97 Å². The molecule has 0 bridgehead atoms. The summed E-state index contributed by atoms with van der Waals surface area (Å²) in [7, 11) is 0. The third-order valence-electron chi connectivity index (χ3n) is 5.59. The second-order valence-electron chi connectivity index (χ2n) is 7.51. The van der Waals surface area contributed by atoms with Gasteiger partial charge in [0, 0.05) is 22.3 Å². The van der Waals surface area contributed by atoms with Crippen molar-refractivity contribution < 1.29 is 14.3 Å². The van der Waals surface area contributed by atoms with Gasteiger partial charge < -0.3 is 4.74 Å². The van der Waals surface area contributed by atoms with Crippen molar-refractivity contribution in [3.8, 4) is 0 Å². The van der Waals surface area contributed by atoms with Crippen LogP contribution in [0.2, 0.25) is 0 Å². The molecule has 1 fully saturated rings. The van der Waals surface area contributed by atoms with Gasteiger partial charge in [-0.15, -0.1) is 0 Å². The number of esters is 1. The summed E-state index contributed by atoms with van der Waals surface area (Å²) in [5, 5.41) is 0. The Hall–Kier alpha value is -0.910. The van der Waals surface area contributed by atoms with Crippen LogP contribution in [-0.2, 0) is 14.3 Å². The number of hydrogen-bond donors (Lipinski definition) is 0. The molecule has 152 valence electrons. The van der Waals surface area contributed by atoms with Crippen LogP contribution in [0.3, 0.4) is 0 Å². The van der Waals surface area contributed by atoms with Gasteiger partial charge in [0.15, 0.2) is 0 Å². The van der Waals surface area contributed by atoms with E-state index >= 15 is 0 Å². The highest BCUT2D eigenvalue weighted by molar-refractivity contribution is 14.1. The number of halogens is 1. The van der Waals surface area contributed by atoms with Crippen LogP contribution >= 0.6 is 22.6 Å². The van der Waals surface area contributed by atoms with Crippen LogP contribution in [0.25, 0.3) is 0 Å². The van der Waals surface area contributed by atoms with Crippen LogP contribution in [0.15, 0.2) is 6.07 Å². The smallest absolute Gasteiger partial charge is 0.305 e. The van der Waals surface area contributed by atoms with Crippen LogP contribution in [0.5, 0.6) is 0 Å². The molecule has 0 aromatic heterocycles. The molecule has 0 radical (unpaired) electrons. The molecule has 0 spiro atoms. The largest absolute Gasteiger partial charge is 0.466 e. The number of unbranched alkanes of at least 4 members (excludes halogenated alkanes) is 2. The normalized spacial score (nSPS) is 16.1. The Morgan fingerprint density at radius 1 is 1.11 bits per heavy atom. The Kier molecular flexibility index (Phi) is 11.2. The molecule has 0 heterocycles. The van der Waals surface area contributed by atoms with E-state index in [1.165, 1.54) is 25.8 Å². The zero-order chi connectivity index (χ0) is 20.4. The predicted octanol–water partition coefficient (Wildman–Crippen LogP) is 6.39. The van der Waals surface area contributed by atoms with Crippen LogP contribution < -0.4 is 0 Å². The van der Waals surface area contributed by atoms with Gasteiger partial charge in [0.2, 0.25) is 0 Å². The first-order chi connectivity index (χ1) is 12.8. The summed E-state index contributed by atoms with van der Waals surface area (Å²) in [6.45, 7) is 11.0. The van der Waals surface area contributed by atoms with Gasteiger partial charge in [0.05, 0.1) is 6.61 Å². The molecule has 4 heteroatoms. The third kappa shape index (κ3) is 8.32. The minimum Gasteiger partial charge on any atom is -0.466 e. The fraction of sp³-hybridized carbons (Fsp3) is 0.652. The average Bonchev–Trinajstić information content (AvgIpc) is 3.04. The third-order valence-corrected chi connectivity index (χ3v) is 6.71. The fourth-order valence-corrected chi connectivity index (χ4v) is 4.30. The first kappa shape index (κ1) is 24.1. The molecule has 1 saturated carbocycles. The molecule has 0 N–H and O–H groups in total. The maximum absolute atomic E-state index is 11.4. The minimum absolute atomic E-state index is 0.0977. The number of carbonyl (C=O) groups excluding carboxylic acids is 2. The van der Waals surface area contributed by atoms with Crippen molar-refractivity contribution in [2.24, 2.45) is 5.92 Å². The summed E-state index contributed by atoms with van der Waals surface area (Å²) in [6, 6.07) is 2.25. The van der Waals surface area contributed by atoms with Crippen molar-refractivity contribution in [1.82, 2.24) is 0 Å². The Morgan fingerprint density at radius 2 is 1.81 bits per heavy atom. The van der Waals surface area contributed by atoms with E-state index < -0.39 is 0 Å². The van der Waals surface area contributed by atoms with Gasteiger partial charge in [-0.1, -0.05) is 12.8 Å². The van der Waals surface area contributed by atoms with E-state index in [9.17, 15) is 9.59 Å². The summed E-state index contributed by atoms with van der Waals surface area (Å²) in [4.78, 5) is 22.4. The number of ether oxygens (including phenoxy) is 1. The van der Waals surface area contributed by atoms with Crippen molar-refractivity contribution in [1.29, 1.82) is 0 Å². The van der Waals surface area contributed by atoms with Crippen LogP contribution in [-0.4, -0.2) is 18.4 Å². The molecule has 0 aliphatic heterocycles. The number of Topliss-reactive ketones (excluding diaryl/α,β-unsaturated/α-hetero) is 1. The van der Waals surface area contributed by atoms with Crippen LogP contribution in [0, 0.1) is 37.2 Å². The maximum atomic E-state index is 11.4. The molecular formula is C23H35IO3. The molecule has 2 rings (SSSR count). The molecule has 0 saturated heterocycles. The molecule has 3 nitrogen and oxygen atoms in total. The quantitative estimate of drug-likeness (QED) is 0.255. The lowest BCUT2D eigenvalue weighted by atomic mass is 9.99. The van der Waals surface area contributed by atoms with Crippen LogP contribution in [0.4, 0.5) is 0 Å². The van der Waals surface area contributed by atoms with Gasteiger partial charge in [0.25, 0.3) is 0 Å². The first-order valence-electron chi connectivity index (χ1n) is 10.2. The van der Waals surface area contributed by atoms with E-state index in [1.54, 1.807) is 0 Å². The summed E-state index contributed by atoms with van der Waals surface area (Å²) in [6.07, 6.45) is 7.46.